The first-order chi connectivity index (χ1) is 14.7. The molecule has 5 nitrogen and oxygen atoms in total. The van der Waals surface area contributed by atoms with Gasteiger partial charge in [0.2, 0.25) is 11.6 Å². The number of carbonyl (C=O) groups is 2. The van der Waals surface area contributed by atoms with Crippen molar-refractivity contribution in [3.05, 3.63) is 36.1 Å². The molecule has 1 spiro atoms. The molecular weight excluding hydrogens is 411 g/mol. The number of aliphatic hydroxyl groups excluding tert-OH is 1. The summed E-state index contributed by atoms with van der Waals surface area (Å²) in [4.78, 5) is 25.6. The van der Waals surface area contributed by atoms with E-state index in [4.69, 9.17) is 9.47 Å². The van der Waals surface area contributed by atoms with E-state index in [0.717, 1.165) is 5.57 Å². The van der Waals surface area contributed by atoms with Gasteiger partial charge in [0.05, 0.1) is 6.10 Å². The number of hydrogen-bond donors (Lipinski definition) is 1. The van der Waals surface area contributed by atoms with E-state index in [1.54, 1.807) is 26.8 Å². The Balaban J connectivity index is 1.65. The van der Waals surface area contributed by atoms with E-state index in [9.17, 15) is 14.7 Å². The van der Waals surface area contributed by atoms with Gasteiger partial charge in [-0.2, -0.15) is 0 Å². The van der Waals surface area contributed by atoms with Gasteiger partial charge in [0, 0.05) is 30.6 Å². The fourth-order valence-corrected chi connectivity index (χ4v) is 8.24. The molecule has 3 saturated carbocycles. The maximum atomic E-state index is 17.3. The summed E-state index contributed by atoms with van der Waals surface area (Å²) in [7, 11) is 0. The Morgan fingerprint density at radius 2 is 1.88 bits per heavy atom. The van der Waals surface area contributed by atoms with Crippen LogP contribution in [-0.4, -0.2) is 39.8 Å². The van der Waals surface area contributed by atoms with Gasteiger partial charge in [-0.25, -0.2) is 4.39 Å². The molecule has 4 fully saturated rings. The Morgan fingerprint density at radius 3 is 2.56 bits per heavy atom. The standard InChI is InChI=1S/C26H33FO5/c1-14-11-19-18-8-7-16-12-17(28)9-10-23(16,5)25(18,27)20(29)13-24(19,6)26(14)21(30)15(2)31-22(3,4)32-26/h9-10,12,14,18-20,29H,2,7-8,11,13H2,1,3-6H3/t14-,18+,19+,20+,23+,24+,25+,26?/m1/s1. The zero-order valence-electron chi connectivity index (χ0n) is 19.5. The fraction of sp³-hybridized carbons (Fsp3) is 0.692. The lowest BCUT2D eigenvalue weighted by Gasteiger charge is -2.63. The van der Waals surface area contributed by atoms with Crippen molar-refractivity contribution >= 4 is 11.6 Å². The number of allylic oxidation sites excluding steroid dienone is 4. The third kappa shape index (κ3) is 2.30. The van der Waals surface area contributed by atoms with Gasteiger partial charge in [0.1, 0.15) is 5.60 Å². The first kappa shape index (κ1) is 22.0. The largest absolute Gasteiger partial charge is 0.460 e. The van der Waals surface area contributed by atoms with Crippen LogP contribution < -0.4 is 0 Å². The van der Waals surface area contributed by atoms with Crippen molar-refractivity contribution in [1.82, 2.24) is 0 Å². The highest BCUT2D eigenvalue weighted by molar-refractivity contribution is 6.02. The number of carbonyl (C=O) groups excluding carboxylic acids is 2. The third-order valence-electron chi connectivity index (χ3n) is 9.55. The number of ether oxygens (including phenoxy) is 2. The molecule has 5 rings (SSSR count). The lowest BCUT2D eigenvalue weighted by molar-refractivity contribution is -0.312. The first-order valence-electron chi connectivity index (χ1n) is 11.7. The van der Waals surface area contributed by atoms with Gasteiger partial charge < -0.3 is 14.6 Å². The Hall–Kier alpha value is -1.79. The highest BCUT2D eigenvalue weighted by Crippen LogP contribution is 2.72. The fourth-order valence-electron chi connectivity index (χ4n) is 8.24. The molecule has 0 aromatic rings. The van der Waals surface area contributed by atoms with Crippen LogP contribution in [-0.2, 0) is 19.1 Å². The van der Waals surface area contributed by atoms with Crippen LogP contribution in [0.5, 0.6) is 0 Å². The molecule has 0 amide bonds. The van der Waals surface area contributed by atoms with Gasteiger partial charge in [0.25, 0.3) is 0 Å². The minimum Gasteiger partial charge on any atom is -0.460 e. The molecule has 5 aliphatic rings. The van der Waals surface area contributed by atoms with Crippen LogP contribution in [0.3, 0.4) is 0 Å². The lowest BCUT2D eigenvalue weighted by Crippen LogP contribution is -2.71. The number of aliphatic hydroxyl groups is 1. The molecule has 174 valence electrons. The molecule has 8 atom stereocenters. The quantitative estimate of drug-likeness (QED) is 0.567. The minimum absolute atomic E-state index is 0.0658. The van der Waals surface area contributed by atoms with E-state index < -0.39 is 39.9 Å². The molecule has 1 unspecified atom stereocenters. The van der Waals surface area contributed by atoms with E-state index in [-0.39, 0.29) is 35.6 Å². The number of rotatable bonds is 0. The number of ketones is 2. The second kappa shape index (κ2) is 6.20. The van der Waals surface area contributed by atoms with Gasteiger partial charge >= 0.3 is 0 Å². The van der Waals surface area contributed by atoms with Crippen LogP contribution in [0.4, 0.5) is 4.39 Å². The molecule has 1 N–H and O–H groups in total. The molecule has 0 bridgehead atoms. The van der Waals surface area contributed by atoms with Crippen LogP contribution in [0.15, 0.2) is 36.1 Å². The van der Waals surface area contributed by atoms with Crippen molar-refractivity contribution in [2.75, 3.05) is 0 Å². The first-order valence-corrected chi connectivity index (χ1v) is 11.7. The molecule has 0 aromatic carbocycles. The van der Waals surface area contributed by atoms with Crippen molar-refractivity contribution in [3.8, 4) is 0 Å². The van der Waals surface area contributed by atoms with Crippen molar-refractivity contribution in [2.24, 2.45) is 28.6 Å². The summed E-state index contributed by atoms with van der Waals surface area (Å²) in [6, 6.07) is 0. The van der Waals surface area contributed by atoms with E-state index in [2.05, 4.69) is 6.58 Å². The van der Waals surface area contributed by atoms with Gasteiger partial charge in [0.15, 0.2) is 17.2 Å². The van der Waals surface area contributed by atoms with Crippen LogP contribution in [0.1, 0.15) is 60.3 Å². The average Bonchev–Trinajstić information content (AvgIpc) is 2.89. The second-order valence-electron chi connectivity index (χ2n) is 11.5. The maximum absolute atomic E-state index is 17.3. The second-order valence-corrected chi connectivity index (χ2v) is 11.5. The number of halogens is 1. The normalized spacial score (nSPS) is 51.6. The number of fused-ring (bicyclic) bond motifs is 6. The Labute approximate surface area is 188 Å². The molecule has 4 aliphatic carbocycles. The molecule has 1 aliphatic heterocycles. The van der Waals surface area contributed by atoms with E-state index in [1.807, 2.05) is 13.8 Å². The van der Waals surface area contributed by atoms with Crippen molar-refractivity contribution in [1.29, 1.82) is 0 Å². The van der Waals surface area contributed by atoms with Crippen molar-refractivity contribution < 1.29 is 28.6 Å². The van der Waals surface area contributed by atoms with Crippen LogP contribution in [0, 0.1) is 28.6 Å². The molecule has 32 heavy (non-hydrogen) atoms. The third-order valence-corrected chi connectivity index (χ3v) is 9.55. The van der Waals surface area contributed by atoms with Gasteiger partial charge in [-0.1, -0.05) is 32.1 Å². The summed E-state index contributed by atoms with van der Waals surface area (Å²) in [5, 5.41) is 11.5. The Bertz CT molecular complexity index is 996. The Kier molecular flexibility index (Phi) is 4.27. The lowest BCUT2D eigenvalue weighted by atomic mass is 9.44. The number of alkyl halides is 1. The summed E-state index contributed by atoms with van der Waals surface area (Å²) < 4.78 is 29.4. The molecule has 1 heterocycles. The predicted molar refractivity (Wildman–Crippen MR) is 116 cm³/mol. The Morgan fingerprint density at radius 1 is 1.19 bits per heavy atom. The van der Waals surface area contributed by atoms with Crippen LogP contribution in [0.2, 0.25) is 0 Å². The van der Waals surface area contributed by atoms with Gasteiger partial charge in [-0.15, -0.1) is 0 Å². The molecular formula is C26H33FO5. The summed E-state index contributed by atoms with van der Waals surface area (Å²) >= 11 is 0. The topological polar surface area (TPSA) is 72.8 Å². The zero-order chi connectivity index (χ0) is 23.5. The SMILES string of the molecule is C=C1OC(C)(C)OC2(C1=O)[C@H](C)C[C@H]1[C@@H]3CCC4=CC(=O)C=C[C@]4(C)[C@@]3(F)[C@@H](O)C[C@@]12C. The monoisotopic (exact) mass is 444 g/mol. The molecule has 0 radical (unpaired) electrons. The van der Waals surface area contributed by atoms with E-state index >= 15 is 4.39 Å². The minimum atomic E-state index is -1.93. The summed E-state index contributed by atoms with van der Waals surface area (Å²) in [6.07, 6.45) is 5.13. The predicted octanol–water partition coefficient (Wildman–Crippen LogP) is 4.21. The molecule has 1 saturated heterocycles. The summed E-state index contributed by atoms with van der Waals surface area (Å²) in [6.45, 7) is 13.1. The van der Waals surface area contributed by atoms with Gasteiger partial charge in [-0.3, -0.25) is 9.59 Å². The highest BCUT2D eigenvalue weighted by Gasteiger charge is 2.78. The summed E-state index contributed by atoms with van der Waals surface area (Å²) in [5.41, 5.74) is -4.23. The van der Waals surface area contributed by atoms with Crippen LogP contribution in [0.25, 0.3) is 0 Å². The summed E-state index contributed by atoms with van der Waals surface area (Å²) in [5.74, 6) is -2.23. The maximum Gasteiger partial charge on any atom is 0.229 e. The highest BCUT2D eigenvalue weighted by atomic mass is 19.1. The van der Waals surface area contributed by atoms with E-state index in [0.29, 0.717) is 19.3 Å². The molecule has 6 heteroatoms. The van der Waals surface area contributed by atoms with Crippen molar-refractivity contribution in [3.63, 3.8) is 0 Å². The number of Topliss-reactive ketones (excluding diaryl/α,β-unsaturated/α-hetero) is 1. The zero-order valence-corrected chi connectivity index (χ0v) is 19.5. The van der Waals surface area contributed by atoms with Crippen molar-refractivity contribution in [2.45, 2.75) is 83.5 Å². The van der Waals surface area contributed by atoms with E-state index in [1.165, 1.54) is 12.2 Å². The molecule has 0 aromatic heterocycles. The van der Waals surface area contributed by atoms with Crippen LogP contribution >= 0.6 is 0 Å². The average molecular weight is 445 g/mol. The van der Waals surface area contributed by atoms with Gasteiger partial charge in [-0.05, 0) is 56.6 Å². The number of hydrogen-bond acceptors (Lipinski definition) is 5. The smallest absolute Gasteiger partial charge is 0.229 e.